The number of nitrogens with one attached hydrogen (secondary N) is 1. The fourth-order valence-electron chi connectivity index (χ4n) is 2.03. The molecule has 1 aliphatic rings. The van der Waals surface area contributed by atoms with E-state index in [0.29, 0.717) is 12.3 Å². The van der Waals surface area contributed by atoms with Gasteiger partial charge in [0, 0.05) is 25.4 Å². The number of hydrogen-bond donors (Lipinski definition) is 1. The second kappa shape index (κ2) is 8.82. The molecule has 16 heavy (non-hydrogen) atoms. The zero-order valence-electron chi connectivity index (χ0n) is 10.0. The Hall–Kier alpha value is -0.280. The first-order valence-electron chi connectivity index (χ1n) is 6.38. The first-order valence-corrected chi connectivity index (χ1v) is 6.91. The van der Waals surface area contributed by atoms with Crippen LogP contribution in [0.25, 0.3) is 0 Å². The molecule has 1 heterocycles. The predicted octanol–water partition coefficient (Wildman–Crippen LogP) is 2.00. The van der Waals surface area contributed by atoms with E-state index in [1.54, 1.807) is 0 Å². The molecule has 0 atom stereocenters. The Morgan fingerprint density at radius 1 is 1.19 bits per heavy atom. The average Bonchev–Trinajstić information content (AvgIpc) is 2.55. The Kier molecular flexibility index (Phi) is 7.60. The van der Waals surface area contributed by atoms with Gasteiger partial charge in [0.15, 0.2) is 0 Å². The van der Waals surface area contributed by atoms with Crippen LogP contribution in [-0.2, 0) is 4.79 Å². The summed E-state index contributed by atoms with van der Waals surface area (Å²) in [6.45, 7) is 4.16. The van der Waals surface area contributed by atoms with E-state index in [-0.39, 0.29) is 5.91 Å². The van der Waals surface area contributed by atoms with Crippen LogP contribution in [0.1, 0.15) is 38.5 Å². The number of likely N-dealkylation sites (tertiary alicyclic amines) is 1. The molecule has 1 aliphatic heterocycles. The van der Waals surface area contributed by atoms with Crippen molar-refractivity contribution in [3.05, 3.63) is 0 Å². The van der Waals surface area contributed by atoms with E-state index >= 15 is 0 Å². The summed E-state index contributed by atoms with van der Waals surface area (Å²) >= 11 is 5.53. The molecular formula is C12H23ClN2O. The van der Waals surface area contributed by atoms with Crippen molar-refractivity contribution in [3.8, 4) is 0 Å². The fraction of sp³-hybridized carbons (Fsp3) is 0.917. The molecule has 0 spiro atoms. The van der Waals surface area contributed by atoms with Crippen molar-refractivity contribution >= 4 is 17.5 Å². The normalized spacial score (nSPS) is 18.1. The second-order valence-corrected chi connectivity index (χ2v) is 4.78. The lowest BCUT2D eigenvalue weighted by molar-refractivity contribution is -0.121. The Bertz CT molecular complexity index is 191. The van der Waals surface area contributed by atoms with Gasteiger partial charge in [-0.1, -0.05) is 12.8 Å². The van der Waals surface area contributed by atoms with Crippen molar-refractivity contribution in [1.29, 1.82) is 0 Å². The Morgan fingerprint density at radius 2 is 1.88 bits per heavy atom. The molecule has 0 radical (unpaired) electrons. The maximum atomic E-state index is 11.3. The molecule has 1 N–H and O–H groups in total. The van der Waals surface area contributed by atoms with Crippen molar-refractivity contribution in [3.63, 3.8) is 0 Å². The Balaban J connectivity index is 2.02. The molecular weight excluding hydrogens is 224 g/mol. The van der Waals surface area contributed by atoms with Gasteiger partial charge in [0.25, 0.3) is 0 Å². The van der Waals surface area contributed by atoms with Crippen LogP contribution >= 0.6 is 11.6 Å². The fourth-order valence-corrected chi connectivity index (χ4v) is 2.16. The van der Waals surface area contributed by atoms with E-state index in [1.807, 2.05) is 0 Å². The quantitative estimate of drug-likeness (QED) is 0.727. The molecule has 94 valence electrons. The highest BCUT2D eigenvalue weighted by Crippen LogP contribution is 2.08. The lowest BCUT2D eigenvalue weighted by atomic mass is 10.2. The Labute approximate surface area is 104 Å². The van der Waals surface area contributed by atoms with Gasteiger partial charge in [-0.25, -0.2) is 0 Å². The van der Waals surface area contributed by atoms with Gasteiger partial charge in [-0.3, -0.25) is 4.79 Å². The van der Waals surface area contributed by atoms with Gasteiger partial charge in [-0.15, -0.1) is 11.6 Å². The number of alkyl halides is 1. The average molecular weight is 247 g/mol. The van der Waals surface area contributed by atoms with Gasteiger partial charge < -0.3 is 10.2 Å². The number of carbonyl (C=O) groups excluding carboxylic acids is 1. The van der Waals surface area contributed by atoms with E-state index in [0.717, 1.165) is 19.5 Å². The number of rotatable bonds is 6. The summed E-state index contributed by atoms with van der Waals surface area (Å²) < 4.78 is 0. The molecule has 0 aromatic heterocycles. The van der Waals surface area contributed by atoms with E-state index in [4.69, 9.17) is 11.6 Å². The van der Waals surface area contributed by atoms with Crippen LogP contribution in [0.2, 0.25) is 0 Å². The molecule has 4 heteroatoms. The number of nitrogens with zero attached hydrogens (tertiary/aromatic N) is 1. The summed E-state index contributed by atoms with van der Waals surface area (Å²) in [7, 11) is 0. The molecule has 1 rings (SSSR count). The predicted molar refractivity (Wildman–Crippen MR) is 67.9 cm³/mol. The highest BCUT2D eigenvalue weighted by molar-refractivity contribution is 6.17. The first-order chi connectivity index (χ1) is 7.83. The minimum absolute atomic E-state index is 0.135. The second-order valence-electron chi connectivity index (χ2n) is 4.40. The van der Waals surface area contributed by atoms with Gasteiger partial charge in [0.05, 0.1) is 0 Å². The lowest BCUT2D eigenvalue weighted by Gasteiger charge is -2.19. The van der Waals surface area contributed by atoms with Crippen molar-refractivity contribution in [2.75, 3.05) is 32.1 Å². The van der Waals surface area contributed by atoms with Crippen LogP contribution < -0.4 is 5.32 Å². The van der Waals surface area contributed by atoms with Crippen LogP contribution in [0, 0.1) is 0 Å². The van der Waals surface area contributed by atoms with Crippen LogP contribution in [0.15, 0.2) is 0 Å². The van der Waals surface area contributed by atoms with Crippen LogP contribution in [0.3, 0.4) is 0 Å². The van der Waals surface area contributed by atoms with Gasteiger partial charge in [-0.05, 0) is 32.4 Å². The largest absolute Gasteiger partial charge is 0.355 e. The third-order valence-electron chi connectivity index (χ3n) is 2.99. The molecule has 3 nitrogen and oxygen atoms in total. The molecule has 0 aromatic carbocycles. The maximum Gasteiger partial charge on any atom is 0.220 e. The highest BCUT2D eigenvalue weighted by atomic mass is 35.5. The van der Waals surface area contributed by atoms with Crippen molar-refractivity contribution < 1.29 is 4.79 Å². The molecule has 0 bridgehead atoms. The summed E-state index contributed by atoms with van der Waals surface area (Å²) in [6, 6.07) is 0. The maximum absolute atomic E-state index is 11.3. The summed E-state index contributed by atoms with van der Waals surface area (Å²) in [5, 5.41) is 2.95. The number of amides is 1. The topological polar surface area (TPSA) is 32.3 Å². The molecule has 1 amide bonds. The summed E-state index contributed by atoms with van der Waals surface area (Å²) in [5.41, 5.74) is 0. The van der Waals surface area contributed by atoms with Crippen molar-refractivity contribution in [1.82, 2.24) is 10.2 Å². The molecule has 0 aliphatic carbocycles. The summed E-state index contributed by atoms with van der Waals surface area (Å²) in [4.78, 5) is 13.8. The Morgan fingerprint density at radius 3 is 2.50 bits per heavy atom. The molecule has 0 saturated carbocycles. The van der Waals surface area contributed by atoms with Gasteiger partial charge in [-0.2, -0.15) is 0 Å². The molecule has 1 saturated heterocycles. The first kappa shape index (κ1) is 13.8. The number of carbonyl (C=O) groups is 1. The van der Waals surface area contributed by atoms with Crippen molar-refractivity contribution in [2.45, 2.75) is 38.5 Å². The van der Waals surface area contributed by atoms with Gasteiger partial charge in [0.2, 0.25) is 5.91 Å². The van der Waals surface area contributed by atoms with E-state index in [9.17, 15) is 4.79 Å². The SMILES string of the molecule is O=C(CCCCl)NCCN1CCCCCC1. The van der Waals surface area contributed by atoms with Gasteiger partial charge >= 0.3 is 0 Å². The smallest absolute Gasteiger partial charge is 0.220 e. The van der Waals surface area contributed by atoms with E-state index in [2.05, 4.69) is 10.2 Å². The lowest BCUT2D eigenvalue weighted by Crippen LogP contribution is -2.35. The van der Waals surface area contributed by atoms with E-state index < -0.39 is 0 Å². The zero-order valence-corrected chi connectivity index (χ0v) is 10.8. The molecule has 1 fully saturated rings. The van der Waals surface area contributed by atoms with E-state index in [1.165, 1.54) is 38.8 Å². The third kappa shape index (κ3) is 6.33. The molecule has 0 unspecified atom stereocenters. The summed E-state index contributed by atoms with van der Waals surface area (Å²) in [6.07, 6.45) is 6.66. The third-order valence-corrected chi connectivity index (χ3v) is 3.25. The summed E-state index contributed by atoms with van der Waals surface area (Å²) in [5.74, 6) is 0.704. The number of hydrogen-bond acceptors (Lipinski definition) is 2. The highest BCUT2D eigenvalue weighted by Gasteiger charge is 2.08. The standard InChI is InChI=1S/C12H23ClN2O/c13-7-5-6-12(16)14-8-11-15-9-3-1-2-4-10-15/h1-11H2,(H,14,16). The zero-order chi connectivity index (χ0) is 11.6. The molecule has 0 aromatic rings. The van der Waals surface area contributed by atoms with Gasteiger partial charge in [0.1, 0.15) is 0 Å². The van der Waals surface area contributed by atoms with Crippen molar-refractivity contribution in [2.24, 2.45) is 0 Å². The van der Waals surface area contributed by atoms with Crippen LogP contribution in [0.4, 0.5) is 0 Å². The van der Waals surface area contributed by atoms with Crippen LogP contribution in [0.5, 0.6) is 0 Å². The van der Waals surface area contributed by atoms with Crippen LogP contribution in [-0.4, -0.2) is 42.9 Å². The monoisotopic (exact) mass is 246 g/mol. The number of halogens is 1. The minimum atomic E-state index is 0.135. The minimum Gasteiger partial charge on any atom is -0.355 e.